The number of benzene rings is 2. The highest BCUT2D eigenvalue weighted by molar-refractivity contribution is 7.91. The zero-order chi connectivity index (χ0) is 22.2. The summed E-state index contributed by atoms with van der Waals surface area (Å²) in [6.45, 7) is 1.83. The second-order valence-electron chi connectivity index (χ2n) is 7.09. The van der Waals surface area contributed by atoms with Crippen molar-refractivity contribution in [1.29, 1.82) is 0 Å². The van der Waals surface area contributed by atoms with Crippen molar-refractivity contribution in [3.05, 3.63) is 81.9 Å². The Morgan fingerprint density at radius 2 is 1.87 bits per heavy atom. The first-order valence-corrected chi connectivity index (χ1v) is 11.9. The molecule has 0 saturated heterocycles. The Morgan fingerprint density at radius 3 is 2.58 bits per heavy atom. The Labute approximate surface area is 183 Å². The number of esters is 1. The van der Waals surface area contributed by atoms with E-state index in [0.717, 1.165) is 11.3 Å². The summed E-state index contributed by atoms with van der Waals surface area (Å²) in [5, 5.41) is 2.40. The standard InChI is InChI=1S/C23H20FNO4S2/c1-15-18(19-12-16(24)8-9-20(19)25(15)14-23(26)29-2)13-21-22(10-11-30-21)31(27,28)17-6-4-3-5-7-17/h3-12H,13-14H2,1-2H3. The van der Waals surface area contributed by atoms with E-state index in [-0.39, 0.29) is 16.3 Å². The number of nitrogens with zero attached hydrogens (tertiary/aromatic N) is 1. The fourth-order valence-corrected chi connectivity index (χ4v) is 6.46. The van der Waals surface area contributed by atoms with E-state index in [4.69, 9.17) is 4.74 Å². The number of sulfone groups is 1. The molecule has 0 spiro atoms. The first-order chi connectivity index (χ1) is 14.8. The molecule has 0 aliphatic heterocycles. The van der Waals surface area contributed by atoms with Crippen LogP contribution in [-0.4, -0.2) is 26.1 Å². The number of carbonyl (C=O) groups is 1. The summed E-state index contributed by atoms with van der Waals surface area (Å²) in [5.74, 6) is -0.813. The van der Waals surface area contributed by atoms with Gasteiger partial charge < -0.3 is 9.30 Å². The fourth-order valence-electron chi connectivity index (χ4n) is 3.73. The van der Waals surface area contributed by atoms with Gasteiger partial charge in [-0.25, -0.2) is 12.8 Å². The number of hydrogen-bond donors (Lipinski definition) is 0. The third-order valence-corrected chi connectivity index (χ3v) is 8.22. The van der Waals surface area contributed by atoms with Crippen molar-refractivity contribution < 1.29 is 22.3 Å². The SMILES string of the molecule is COC(=O)Cn1c(C)c(Cc2sccc2S(=O)(=O)c2ccccc2)c2cc(F)ccc21. The molecule has 2 aromatic heterocycles. The average molecular weight is 458 g/mol. The van der Waals surface area contributed by atoms with Crippen molar-refractivity contribution in [3.8, 4) is 0 Å². The summed E-state index contributed by atoms with van der Waals surface area (Å²) in [6, 6.07) is 14.3. The topological polar surface area (TPSA) is 65.4 Å². The molecule has 0 bridgehead atoms. The number of carbonyl (C=O) groups excluding carboxylic acids is 1. The van der Waals surface area contributed by atoms with Gasteiger partial charge in [0.1, 0.15) is 12.4 Å². The van der Waals surface area contributed by atoms with Gasteiger partial charge >= 0.3 is 5.97 Å². The first-order valence-electron chi connectivity index (χ1n) is 9.53. The van der Waals surface area contributed by atoms with Crippen LogP contribution in [0.1, 0.15) is 16.1 Å². The van der Waals surface area contributed by atoms with Gasteiger partial charge in [-0.3, -0.25) is 4.79 Å². The van der Waals surface area contributed by atoms with Crippen LogP contribution in [0.5, 0.6) is 0 Å². The van der Waals surface area contributed by atoms with Crippen LogP contribution in [0, 0.1) is 12.7 Å². The quantitative estimate of drug-likeness (QED) is 0.392. The molecule has 31 heavy (non-hydrogen) atoms. The minimum atomic E-state index is -3.68. The van der Waals surface area contributed by atoms with E-state index in [0.29, 0.717) is 22.2 Å². The molecular formula is C23H20FNO4S2. The Balaban J connectivity index is 1.83. The molecule has 0 unspecified atom stereocenters. The van der Waals surface area contributed by atoms with E-state index in [1.165, 1.54) is 30.6 Å². The highest BCUT2D eigenvalue weighted by Gasteiger charge is 2.24. The van der Waals surface area contributed by atoms with Crippen LogP contribution in [0.2, 0.25) is 0 Å². The van der Waals surface area contributed by atoms with E-state index < -0.39 is 21.6 Å². The minimum Gasteiger partial charge on any atom is -0.468 e. The Morgan fingerprint density at radius 1 is 1.13 bits per heavy atom. The predicted molar refractivity (Wildman–Crippen MR) is 118 cm³/mol. The Kier molecular flexibility index (Phi) is 5.68. The summed E-state index contributed by atoms with van der Waals surface area (Å²) < 4.78 is 47.0. The largest absolute Gasteiger partial charge is 0.468 e. The lowest BCUT2D eigenvalue weighted by Gasteiger charge is -2.08. The monoisotopic (exact) mass is 457 g/mol. The van der Waals surface area contributed by atoms with Gasteiger partial charge in [0, 0.05) is 27.9 Å². The second kappa shape index (κ2) is 8.28. The first kappa shape index (κ1) is 21.3. The molecule has 160 valence electrons. The summed E-state index contributed by atoms with van der Waals surface area (Å²) in [6.07, 6.45) is 0.305. The smallest absolute Gasteiger partial charge is 0.325 e. The highest BCUT2D eigenvalue weighted by atomic mass is 32.2. The zero-order valence-corrected chi connectivity index (χ0v) is 18.6. The van der Waals surface area contributed by atoms with Crippen molar-refractivity contribution >= 4 is 38.0 Å². The summed E-state index contributed by atoms with van der Waals surface area (Å²) in [4.78, 5) is 13.1. The molecule has 4 aromatic rings. The molecule has 0 amide bonds. The summed E-state index contributed by atoms with van der Waals surface area (Å²) in [5.41, 5.74) is 2.25. The maximum atomic E-state index is 14.1. The van der Waals surface area contributed by atoms with E-state index >= 15 is 0 Å². The van der Waals surface area contributed by atoms with E-state index in [1.807, 2.05) is 6.92 Å². The number of rotatable bonds is 6. The molecule has 8 heteroatoms. The molecule has 0 radical (unpaired) electrons. The van der Waals surface area contributed by atoms with Crippen molar-refractivity contribution in [2.24, 2.45) is 0 Å². The normalized spacial score (nSPS) is 11.7. The lowest BCUT2D eigenvalue weighted by atomic mass is 10.1. The molecule has 0 aliphatic carbocycles. The maximum absolute atomic E-state index is 14.1. The molecule has 2 heterocycles. The molecule has 0 N–H and O–H groups in total. The lowest BCUT2D eigenvalue weighted by molar-refractivity contribution is -0.141. The number of halogens is 1. The van der Waals surface area contributed by atoms with Gasteiger partial charge in [-0.15, -0.1) is 11.3 Å². The van der Waals surface area contributed by atoms with Gasteiger partial charge in [0.2, 0.25) is 9.84 Å². The van der Waals surface area contributed by atoms with E-state index in [1.54, 1.807) is 52.4 Å². The zero-order valence-electron chi connectivity index (χ0n) is 17.0. The third kappa shape index (κ3) is 3.88. The van der Waals surface area contributed by atoms with Crippen LogP contribution in [0.4, 0.5) is 4.39 Å². The van der Waals surface area contributed by atoms with Crippen LogP contribution >= 0.6 is 11.3 Å². The van der Waals surface area contributed by atoms with Gasteiger partial charge in [0.05, 0.1) is 16.9 Å². The molecule has 0 aliphatic rings. The third-order valence-electron chi connectivity index (χ3n) is 5.32. The van der Waals surface area contributed by atoms with Crippen molar-refractivity contribution in [1.82, 2.24) is 4.57 Å². The summed E-state index contributed by atoms with van der Waals surface area (Å²) in [7, 11) is -2.37. The lowest BCUT2D eigenvalue weighted by Crippen LogP contribution is -2.12. The van der Waals surface area contributed by atoms with Gasteiger partial charge in [-0.1, -0.05) is 18.2 Å². The second-order valence-corrected chi connectivity index (χ2v) is 10.0. The fraction of sp³-hybridized carbons (Fsp3) is 0.174. The molecule has 0 saturated carbocycles. The average Bonchev–Trinajstić information content (AvgIpc) is 3.33. The molecule has 2 aromatic carbocycles. The van der Waals surface area contributed by atoms with E-state index in [9.17, 15) is 17.6 Å². The maximum Gasteiger partial charge on any atom is 0.325 e. The van der Waals surface area contributed by atoms with Crippen molar-refractivity contribution in [3.63, 3.8) is 0 Å². The molecule has 0 fully saturated rings. The van der Waals surface area contributed by atoms with Gasteiger partial charge in [0.15, 0.2) is 0 Å². The number of fused-ring (bicyclic) bond motifs is 1. The van der Waals surface area contributed by atoms with Crippen LogP contribution in [-0.2, 0) is 32.3 Å². The van der Waals surface area contributed by atoms with Crippen molar-refractivity contribution in [2.75, 3.05) is 7.11 Å². The van der Waals surface area contributed by atoms with Crippen molar-refractivity contribution in [2.45, 2.75) is 29.7 Å². The van der Waals surface area contributed by atoms with Crippen LogP contribution in [0.15, 0.2) is 69.8 Å². The van der Waals surface area contributed by atoms with Gasteiger partial charge in [-0.05, 0) is 54.3 Å². The number of hydrogen-bond acceptors (Lipinski definition) is 5. The van der Waals surface area contributed by atoms with Crippen LogP contribution in [0.25, 0.3) is 10.9 Å². The molecule has 4 rings (SSSR count). The predicted octanol–water partition coefficient (Wildman–Crippen LogP) is 4.75. The number of thiophene rings is 1. The van der Waals surface area contributed by atoms with Gasteiger partial charge in [0.25, 0.3) is 0 Å². The molecular weight excluding hydrogens is 437 g/mol. The molecule has 0 atom stereocenters. The number of ether oxygens (including phenoxy) is 1. The van der Waals surface area contributed by atoms with Crippen LogP contribution < -0.4 is 0 Å². The van der Waals surface area contributed by atoms with E-state index in [2.05, 4.69) is 0 Å². The minimum absolute atomic E-state index is 0.00984. The summed E-state index contributed by atoms with van der Waals surface area (Å²) >= 11 is 1.34. The van der Waals surface area contributed by atoms with Crippen LogP contribution in [0.3, 0.4) is 0 Å². The number of aromatic nitrogens is 1. The Bertz CT molecular complexity index is 1370. The highest BCUT2D eigenvalue weighted by Crippen LogP contribution is 2.34. The number of methoxy groups -OCH3 is 1. The van der Waals surface area contributed by atoms with Gasteiger partial charge in [-0.2, -0.15) is 0 Å². The Hall–Kier alpha value is -2.97. The molecule has 5 nitrogen and oxygen atoms in total.